The minimum atomic E-state index is -0.499. The van der Waals surface area contributed by atoms with Gasteiger partial charge >= 0.3 is 0 Å². The number of imidazole rings is 2. The van der Waals surface area contributed by atoms with Crippen LogP contribution in [0, 0.1) is 0 Å². The molecular formula is C64H51N11. The molecular weight excluding hydrogens is 923 g/mol. The van der Waals surface area contributed by atoms with Gasteiger partial charge in [-0.15, -0.1) is 0 Å². The van der Waals surface area contributed by atoms with Crippen LogP contribution in [0.4, 0.5) is 23.0 Å². The van der Waals surface area contributed by atoms with E-state index in [-0.39, 0.29) is 5.54 Å². The van der Waals surface area contributed by atoms with Crippen LogP contribution in [0.2, 0.25) is 0 Å². The molecule has 1 aliphatic carbocycles. The number of anilines is 4. The Morgan fingerprint density at radius 2 is 1.03 bits per heavy atom. The third kappa shape index (κ3) is 7.38. The van der Waals surface area contributed by atoms with E-state index in [2.05, 4.69) is 176 Å². The highest BCUT2D eigenvalue weighted by atomic mass is 15.2. The first kappa shape index (κ1) is 44.4. The molecule has 14 rings (SSSR count). The third-order valence-electron chi connectivity index (χ3n) is 15.3. The molecule has 7 heterocycles. The van der Waals surface area contributed by atoms with E-state index in [1.807, 2.05) is 56.7 Å². The second-order valence-electron chi connectivity index (χ2n) is 20.5. The van der Waals surface area contributed by atoms with Gasteiger partial charge in [-0.3, -0.25) is 14.1 Å². The van der Waals surface area contributed by atoms with Crippen molar-refractivity contribution in [1.29, 1.82) is 0 Å². The smallest absolute Gasteiger partial charge is 0.154 e. The van der Waals surface area contributed by atoms with Gasteiger partial charge in [-0.1, -0.05) is 127 Å². The maximum absolute atomic E-state index is 6.88. The van der Waals surface area contributed by atoms with Gasteiger partial charge in [0, 0.05) is 74.8 Å². The number of rotatable bonds is 8. The summed E-state index contributed by atoms with van der Waals surface area (Å²) in [6.07, 6.45) is 10.5. The van der Waals surface area contributed by atoms with E-state index in [0.29, 0.717) is 0 Å². The molecule has 0 bridgehead atoms. The van der Waals surface area contributed by atoms with Crippen molar-refractivity contribution in [2.45, 2.75) is 44.2 Å². The van der Waals surface area contributed by atoms with Crippen LogP contribution in [0.25, 0.3) is 101 Å². The van der Waals surface area contributed by atoms with Crippen molar-refractivity contribution in [3.05, 3.63) is 212 Å². The second kappa shape index (κ2) is 17.2. The highest BCUT2D eigenvalue weighted by Crippen LogP contribution is 2.50. The maximum Gasteiger partial charge on any atom is 0.154 e. The number of aromatic nitrogens is 7. The van der Waals surface area contributed by atoms with E-state index in [0.717, 1.165) is 155 Å². The number of fused-ring (bicyclic) bond motifs is 10. The number of benzene rings is 6. The molecule has 11 heteroatoms. The zero-order valence-electron chi connectivity index (χ0n) is 41.5. The van der Waals surface area contributed by atoms with Crippen molar-refractivity contribution >= 4 is 23.0 Å². The lowest BCUT2D eigenvalue weighted by Crippen LogP contribution is -2.43. The zero-order chi connectivity index (χ0) is 50.4. The topological polar surface area (TPSA) is 150 Å². The molecule has 0 spiro atoms. The van der Waals surface area contributed by atoms with E-state index in [4.69, 9.17) is 31.4 Å². The van der Waals surface area contributed by atoms with Crippen LogP contribution in [0.3, 0.4) is 0 Å². The Morgan fingerprint density at radius 1 is 0.493 bits per heavy atom. The average Bonchev–Trinajstić information content (AvgIpc) is 4.04. The molecule has 1 saturated carbocycles. The Balaban J connectivity index is 0.926. The number of nitrogens with one attached hydrogen (secondary N) is 2. The molecule has 0 amide bonds. The zero-order valence-corrected chi connectivity index (χ0v) is 41.5. The molecule has 0 radical (unpaired) electrons. The SMILES string of the molecule is CC(C)(N)c1ccc(-c2c(-c3ccc(-c4cccc5c4Nc4ncccc4-n4c-5nc(-c5ccc(-c6cccnc6)cc5)c4-c4ccc(C5(N)CCC5)cc4)cc3)nc3n2-c2cccnc2Nc2ccccc2-3)cc1. The lowest BCUT2D eigenvalue weighted by molar-refractivity contribution is 0.253. The largest absolute Gasteiger partial charge is 0.338 e. The second-order valence-corrected chi connectivity index (χ2v) is 20.5. The summed E-state index contributed by atoms with van der Waals surface area (Å²) >= 11 is 0. The van der Waals surface area contributed by atoms with E-state index in [9.17, 15) is 0 Å². The van der Waals surface area contributed by atoms with Crippen molar-refractivity contribution in [3.63, 3.8) is 0 Å². The number of hydrogen-bond donors (Lipinski definition) is 4. The first-order valence-corrected chi connectivity index (χ1v) is 25.5. The quantitative estimate of drug-likeness (QED) is 0.117. The number of para-hydroxylation sites is 2. The third-order valence-corrected chi connectivity index (χ3v) is 15.3. The summed E-state index contributed by atoms with van der Waals surface area (Å²) < 4.78 is 4.53. The summed E-state index contributed by atoms with van der Waals surface area (Å²) in [5, 5.41) is 7.43. The Labute approximate surface area is 434 Å². The molecule has 11 nitrogen and oxygen atoms in total. The van der Waals surface area contributed by atoms with Gasteiger partial charge in [0.15, 0.2) is 11.6 Å². The van der Waals surface area contributed by atoms with Crippen LogP contribution in [0.15, 0.2) is 201 Å². The fraction of sp³-hybridized carbons (Fsp3) is 0.109. The lowest BCUT2D eigenvalue weighted by atomic mass is 9.72. The van der Waals surface area contributed by atoms with Crippen LogP contribution in [-0.4, -0.2) is 34.1 Å². The normalized spacial score (nSPS) is 13.8. The monoisotopic (exact) mass is 973 g/mol. The van der Waals surface area contributed by atoms with E-state index >= 15 is 0 Å². The summed E-state index contributed by atoms with van der Waals surface area (Å²) in [6.45, 7) is 4.05. The summed E-state index contributed by atoms with van der Waals surface area (Å²) in [5.74, 6) is 3.10. The van der Waals surface area contributed by atoms with E-state index in [1.54, 1.807) is 6.20 Å². The van der Waals surface area contributed by atoms with Gasteiger partial charge in [0.05, 0.1) is 45.5 Å². The van der Waals surface area contributed by atoms with Gasteiger partial charge < -0.3 is 22.1 Å². The number of hydrogen-bond acceptors (Lipinski definition) is 9. The summed E-state index contributed by atoms with van der Waals surface area (Å²) in [4.78, 5) is 25.4. The van der Waals surface area contributed by atoms with E-state index in [1.165, 1.54) is 0 Å². The first-order chi connectivity index (χ1) is 36.7. The Morgan fingerprint density at radius 3 is 1.63 bits per heavy atom. The predicted octanol–water partition coefficient (Wildman–Crippen LogP) is 14.2. The van der Waals surface area contributed by atoms with Gasteiger partial charge in [-0.2, -0.15) is 0 Å². The van der Waals surface area contributed by atoms with Gasteiger partial charge in [-0.05, 0) is 109 Å². The summed E-state index contributed by atoms with van der Waals surface area (Å²) in [5.41, 5.74) is 32.3. The molecule has 5 aromatic heterocycles. The highest BCUT2D eigenvalue weighted by Gasteiger charge is 2.35. The van der Waals surface area contributed by atoms with Crippen molar-refractivity contribution in [2.24, 2.45) is 11.5 Å². The molecule has 11 aromatic rings. The Bertz CT molecular complexity index is 3990. The van der Waals surface area contributed by atoms with Crippen LogP contribution < -0.4 is 22.1 Å². The van der Waals surface area contributed by atoms with Crippen LogP contribution in [0.1, 0.15) is 44.2 Å². The summed E-state index contributed by atoms with van der Waals surface area (Å²) in [7, 11) is 0. The van der Waals surface area contributed by atoms with Crippen molar-refractivity contribution in [3.8, 4) is 101 Å². The minimum absolute atomic E-state index is 0.284. The fourth-order valence-electron chi connectivity index (χ4n) is 11.1. The molecule has 75 heavy (non-hydrogen) atoms. The average molecular weight is 974 g/mol. The molecule has 1 fully saturated rings. The molecule has 6 aromatic carbocycles. The van der Waals surface area contributed by atoms with Gasteiger partial charge in [0.25, 0.3) is 0 Å². The first-order valence-electron chi connectivity index (χ1n) is 25.5. The van der Waals surface area contributed by atoms with Gasteiger partial charge in [0.1, 0.15) is 11.6 Å². The molecule has 362 valence electrons. The minimum Gasteiger partial charge on any atom is -0.338 e. The lowest BCUT2D eigenvalue weighted by Gasteiger charge is -2.38. The predicted molar refractivity (Wildman–Crippen MR) is 301 cm³/mol. The van der Waals surface area contributed by atoms with Crippen LogP contribution >= 0.6 is 0 Å². The Hall–Kier alpha value is -9.29. The number of pyridine rings is 3. The Kier molecular flexibility index (Phi) is 10.2. The van der Waals surface area contributed by atoms with Gasteiger partial charge in [0.2, 0.25) is 0 Å². The van der Waals surface area contributed by atoms with Crippen LogP contribution in [-0.2, 0) is 11.1 Å². The number of nitrogens with two attached hydrogens (primary N) is 2. The van der Waals surface area contributed by atoms with Crippen molar-refractivity contribution in [1.82, 2.24) is 34.1 Å². The molecule has 2 aliphatic heterocycles. The number of nitrogens with zero attached hydrogens (tertiary/aromatic N) is 7. The van der Waals surface area contributed by atoms with Gasteiger partial charge in [-0.25, -0.2) is 19.9 Å². The maximum atomic E-state index is 6.88. The molecule has 0 saturated heterocycles. The van der Waals surface area contributed by atoms with E-state index < -0.39 is 5.54 Å². The standard InChI is InChI=1S/C64H51N11/c1-63(2,65)46-29-25-43(26-30-46)57-54(72-61-49-11-3-4-14-51(49)70-59-52(74(57)61)15-7-36-68-59)42-23-19-40(20-24-42)48-12-5-13-50-56(48)71-60-53(16-8-37-69-60)75-58(44-27-31-47(32-28-44)64(66)33-9-34-64)55(73-62(50)75)41-21-17-39(18-22-41)45-10-6-35-67-38-45/h3-8,10-32,35-38H,9,33-34,65-66H2,1-2H3,(H,68,70)(H,69,71). The molecule has 0 atom stereocenters. The molecule has 0 unspecified atom stereocenters. The fourth-order valence-corrected chi connectivity index (χ4v) is 11.1. The van der Waals surface area contributed by atoms with Crippen molar-refractivity contribution in [2.75, 3.05) is 10.6 Å². The molecule has 6 N–H and O–H groups in total. The molecule has 3 aliphatic rings. The van der Waals surface area contributed by atoms with Crippen molar-refractivity contribution < 1.29 is 0 Å². The summed E-state index contributed by atoms with van der Waals surface area (Å²) in [6, 6.07) is 61.7. The van der Waals surface area contributed by atoms with Crippen LogP contribution in [0.5, 0.6) is 0 Å². The highest BCUT2D eigenvalue weighted by molar-refractivity contribution is 5.98.